The molecule has 2 aliphatic rings. The third kappa shape index (κ3) is 3.44. The van der Waals surface area contributed by atoms with E-state index in [1.165, 1.54) is 37.8 Å². The molecule has 116 valence electrons. The van der Waals surface area contributed by atoms with E-state index in [4.69, 9.17) is 5.73 Å². The highest BCUT2D eigenvalue weighted by molar-refractivity contribution is 7.89. The first-order valence-electron chi connectivity index (χ1n) is 7.49. The van der Waals surface area contributed by atoms with E-state index in [9.17, 15) is 12.8 Å². The van der Waals surface area contributed by atoms with Crippen molar-refractivity contribution in [3.63, 3.8) is 0 Å². The number of nitrogens with one attached hydrogen (secondary N) is 1. The molecule has 0 amide bonds. The summed E-state index contributed by atoms with van der Waals surface area (Å²) < 4.78 is 40.9. The van der Waals surface area contributed by atoms with E-state index in [1.54, 1.807) is 0 Å². The molecule has 1 aromatic carbocycles. The van der Waals surface area contributed by atoms with Crippen LogP contribution in [0.3, 0.4) is 0 Å². The third-order valence-electron chi connectivity index (χ3n) is 4.50. The molecule has 3 rings (SSSR count). The Morgan fingerprint density at radius 2 is 1.86 bits per heavy atom. The quantitative estimate of drug-likeness (QED) is 0.809. The molecule has 0 spiro atoms. The van der Waals surface area contributed by atoms with E-state index in [0.717, 1.165) is 6.07 Å². The molecule has 0 aromatic heterocycles. The number of nitrogens with two attached hydrogens (primary N) is 1. The van der Waals surface area contributed by atoms with Gasteiger partial charge in [-0.1, -0.05) is 6.07 Å². The van der Waals surface area contributed by atoms with Gasteiger partial charge in [0, 0.05) is 13.1 Å². The Hall–Kier alpha value is -0.980. The van der Waals surface area contributed by atoms with Crippen molar-refractivity contribution in [2.75, 3.05) is 6.54 Å². The summed E-state index contributed by atoms with van der Waals surface area (Å²) >= 11 is 0. The van der Waals surface area contributed by atoms with Gasteiger partial charge in [0.15, 0.2) is 0 Å². The minimum Gasteiger partial charge on any atom is -0.326 e. The largest absolute Gasteiger partial charge is 0.326 e. The molecule has 0 radical (unpaired) electrons. The summed E-state index contributed by atoms with van der Waals surface area (Å²) in [6, 6.07) is 3.72. The van der Waals surface area contributed by atoms with E-state index in [2.05, 4.69) is 4.72 Å². The molecule has 21 heavy (non-hydrogen) atoms. The molecule has 0 saturated heterocycles. The van der Waals surface area contributed by atoms with Crippen molar-refractivity contribution in [3.8, 4) is 0 Å². The topological polar surface area (TPSA) is 72.2 Å². The average Bonchev–Trinajstić information content (AvgIpc) is 3.32. The molecule has 0 heterocycles. The summed E-state index contributed by atoms with van der Waals surface area (Å²) in [6.07, 6.45) is 4.82. The van der Waals surface area contributed by atoms with E-state index in [-0.39, 0.29) is 11.4 Å². The summed E-state index contributed by atoms with van der Waals surface area (Å²) in [6.45, 7) is 0.531. The van der Waals surface area contributed by atoms with Gasteiger partial charge in [-0.2, -0.15) is 0 Å². The zero-order chi connectivity index (χ0) is 15.0. The van der Waals surface area contributed by atoms with E-state index in [1.807, 2.05) is 0 Å². The SMILES string of the molecule is NCc1ccc(F)cc1S(=O)(=O)NCC(C1CC1)C1CC1. The van der Waals surface area contributed by atoms with Crippen molar-refractivity contribution >= 4 is 10.0 Å². The van der Waals surface area contributed by atoms with Crippen molar-refractivity contribution in [1.82, 2.24) is 4.72 Å². The van der Waals surface area contributed by atoms with Crippen LogP contribution in [-0.2, 0) is 16.6 Å². The lowest BCUT2D eigenvalue weighted by atomic mass is 9.99. The third-order valence-corrected chi connectivity index (χ3v) is 6.01. The van der Waals surface area contributed by atoms with Gasteiger partial charge < -0.3 is 5.73 Å². The molecule has 0 atom stereocenters. The van der Waals surface area contributed by atoms with Gasteiger partial charge in [-0.05, 0) is 61.1 Å². The number of hydrogen-bond acceptors (Lipinski definition) is 3. The molecule has 2 aliphatic carbocycles. The second-order valence-corrected chi connectivity index (χ2v) is 7.88. The van der Waals surface area contributed by atoms with Gasteiger partial charge in [0.05, 0.1) is 4.90 Å². The van der Waals surface area contributed by atoms with Gasteiger partial charge in [-0.25, -0.2) is 17.5 Å². The molecule has 0 aliphatic heterocycles. The lowest BCUT2D eigenvalue weighted by Crippen LogP contribution is -2.32. The van der Waals surface area contributed by atoms with E-state index < -0.39 is 15.8 Å². The molecule has 0 unspecified atom stereocenters. The second kappa shape index (κ2) is 5.66. The maximum atomic E-state index is 13.4. The van der Waals surface area contributed by atoms with Crippen molar-refractivity contribution in [2.45, 2.75) is 37.1 Å². The van der Waals surface area contributed by atoms with Crippen LogP contribution in [0, 0.1) is 23.6 Å². The first-order chi connectivity index (χ1) is 10.0. The molecule has 2 saturated carbocycles. The van der Waals surface area contributed by atoms with Crippen LogP contribution in [0.4, 0.5) is 4.39 Å². The summed E-state index contributed by atoms with van der Waals surface area (Å²) in [4.78, 5) is -0.0321. The van der Waals surface area contributed by atoms with Gasteiger partial charge in [-0.15, -0.1) is 0 Å². The van der Waals surface area contributed by atoms with Crippen LogP contribution in [0.15, 0.2) is 23.1 Å². The fourth-order valence-electron chi connectivity index (χ4n) is 3.00. The summed E-state index contributed by atoms with van der Waals surface area (Å²) in [5, 5.41) is 0. The Bertz CT molecular complexity index is 613. The Morgan fingerprint density at radius 3 is 2.38 bits per heavy atom. The average molecular weight is 312 g/mol. The molecule has 6 heteroatoms. The molecular weight excluding hydrogens is 291 g/mol. The van der Waals surface area contributed by atoms with Crippen LogP contribution in [-0.4, -0.2) is 15.0 Å². The first kappa shape index (κ1) is 14.9. The van der Waals surface area contributed by atoms with E-state index in [0.29, 0.717) is 29.9 Å². The summed E-state index contributed by atoms with van der Waals surface area (Å²) in [5.74, 6) is 1.21. The highest BCUT2D eigenvalue weighted by Crippen LogP contribution is 2.48. The minimum atomic E-state index is -3.70. The maximum Gasteiger partial charge on any atom is 0.241 e. The number of hydrogen-bond donors (Lipinski definition) is 2. The normalized spacial score (nSPS) is 19.2. The standard InChI is InChI=1S/C15H21FN2O2S/c16-13-6-5-12(8-17)15(7-13)21(19,20)18-9-14(10-1-2-10)11-3-4-11/h5-7,10-11,14,18H,1-4,8-9,17H2. The molecular formula is C15H21FN2O2S. The predicted octanol–water partition coefficient (Wildman–Crippen LogP) is 2.00. The van der Waals surface area contributed by atoms with Gasteiger partial charge in [0.25, 0.3) is 0 Å². The first-order valence-corrected chi connectivity index (χ1v) is 8.98. The maximum absolute atomic E-state index is 13.4. The highest BCUT2D eigenvalue weighted by atomic mass is 32.2. The Kier molecular flexibility index (Phi) is 4.03. The Balaban J connectivity index is 1.75. The predicted molar refractivity (Wildman–Crippen MR) is 78.4 cm³/mol. The van der Waals surface area contributed by atoms with Crippen molar-refractivity contribution in [2.24, 2.45) is 23.5 Å². The van der Waals surface area contributed by atoms with Crippen LogP contribution in [0.2, 0.25) is 0 Å². The zero-order valence-electron chi connectivity index (χ0n) is 11.9. The fraction of sp³-hybridized carbons (Fsp3) is 0.600. The van der Waals surface area contributed by atoms with Gasteiger partial charge in [0.1, 0.15) is 5.82 Å². The number of halogens is 1. The van der Waals surface area contributed by atoms with Crippen LogP contribution in [0.5, 0.6) is 0 Å². The van der Waals surface area contributed by atoms with Crippen molar-refractivity contribution in [1.29, 1.82) is 0 Å². The Morgan fingerprint density at radius 1 is 1.24 bits per heavy atom. The molecule has 0 bridgehead atoms. The fourth-order valence-corrected chi connectivity index (χ4v) is 4.33. The van der Waals surface area contributed by atoms with Crippen molar-refractivity contribution < 1.29 is 12.8 Å². The second-order valence-electron chi connectivity index (χ2n) is 6.15. The summed E-state index contributed by atoms with van der Waals surface area (Å²) in [7, 11) is -3.70. The van der Waals surface area contributed by atoms with Crippen LogP contribution >= 0.6 is 0 Å². The number of sulfonamides is 1. The van der Waals surface area contributed by atoms with Gasteiger partial charge >= 0.3 is 0 Å². The lowest BCUT2D eigenvalue weighted by Gasteiger charge is -2.17. The zero-order valence-corrected chi connectivity index (χ0v) is 12.7. The van der Waals surface area contributed by atoms with Crippen molar-refractivity contribution in [3.05, 3.63) is 29.6 Å². The minimum absolute atomic E-state index is 0.0321. The van der Waals surface area contributed by atoms with Crippen LogP contribution < -0.4 is 10.5 Å². The Labute approximate surface area is 125 Å². The van der Waals surface area contributed by atoms with E-state index >= 15 is 0 Å². The van der Waals surface area contributed by atoms with Gasteiger partial charge in [-0.3, -0.25) is 0 Å². The van der Waals surface area contributed by atoms with Crippen LogP contribution in [0.1, 0.15) is 31.2 Å². The van der Waals surface area contributed by atoms with Crippen LogP contribution in [0.25, 0.3) is 0 Å². The smallest absolute Gasteiger partial charge is 0.241 e. The molecule has 2 fully saturated rings. The monoisotopic (exact) mass is 312 g/mol. The molecule has 1 aromatic rings. The number of benzene rings is 1. The molecule has 3 N–H and O–H groups in total. The summed E-state index contributed by atoms with van der Waals surface area (Å²) in [5.41, 5.74) is 6.00. The van der Waals surface area contributed by atoms with Gasteiger partial charge in [0.2, 0.25) is 10.0 Å². The number of rotatable bonds is 7. The molecule has 4 nitrogen and oxygen atoms in total. The highest BCUT2D eigenvalue weighted by Gasteiger charge is 2.41. The lowest BCUT2D eigenvalue weighted by molar-refractivity contribution is 0.401.